The zero-order valence-electron chi connectivity index (χ0n) is 11.9. The van der Waals surface area contributed by atoms with Gasteiger partial charge in [0.25, 0.3) is 5.91 Å². The Labute approximate surface area is 117 Å². The van der Waals surface area contributed by atoms with Crippen LogP contribution >= 0.6 is 0 Å². The number of carbonyl (C=O) groups is 1. The molecule has 0 atom stereocenters. The number of hydrogen-bond donors (Lipinski definition) is 1. The van der Waals surface area contributed by atoms with Crippen molar-refractivity contribution >= 4 is 11.6 Å². The van der Waals surface area contributed by atoms with Crippen molar-refractivity contribution in [1.29, 1.82) is 0 Å². The molecule has 0 unspecified atom stereocenters. The Morgan fingerprint density at radius 3 is 2.45 bits per heavy atom. The molecule has 5 heteroatoms. The predicted octanol–water partition coefficient (Wildman–Crippen LogP) is 3.17. The zero-order chi connectivity index (χ0) is 14.7. The normalized spacial score (nSPS) is 10.2. The summed E-state index contributed by atoms with van der Waals surface area (Å²) in [6.07, 6.45) is 0. The number of anilines is 1. The number of hydrogen-bond acceptors (Lipinski definition) is 4. The Hall–Kier alpha value is -2.43. The Bertz CT molecular complexity index is 631. The molecule has 0 radical (unpaired) electrons. The first-order valence-electron chi connectivity index (χ1n) is 6.15. The Morgan fingerprint density at radius 2 is 1.90 bits per heavy atom. The molecular formula is C15H17NO4. The van der Waals surface area contributed by atoms with E-state index >= 15 is 0 Å². The Morgan fingerprint density at radius 1 is 1.15 bits per heavy atom. The van der Waals surface area contributed by atoms with Gasteiger partial charge in [0.15, 0.2) is 0 Å². The highest BCUT2D eigenvalue weighted by Gasteiger charge is 2.15. The lowest BCUT2D eigenvalue weighted by Crippen LogP contribution is -2.13. The van der Waals surface area contributed by atoms with Gasteiger partial charge < -0.3 is 19.2 Å². The van der Waals surface area contributed by atoms with Crippen LogP contribution in [0.25, 0.3) is 0 Å². The van der Waals surface area contributed by atoms with Crippen LogP contribution in [0.15, 0.2) is 28.7 Å². The maximum absolute atomic E-state index is 12.2. The summed E-state index contributed by atoms with van der Waals surface area (Å²) in [6.45, 7) is 3.56. The van der Waals surface area contributed by atoms with E-state index in [2.05, 4.69) is 5.32 Å². The summed E-state index contributed by atoms with van der Waals surface area (Å²) in [4.78, 5) is 12.2. The van der Waals surface area contributed by atoms with Crippen LogP contribution in [0.3, 0.4) is 0 Å². The predicted molar refractivity (Wildman–Crippen MR) is 75.7 cm³/mol. The Kier molecular flexibility index (Phi) is 3.98. The summed E-state index contributed by atoms with van der Waals surface area (Å²) in [7, 11) is 3.11. The minimum absolute atomic E-state index is 0.245. The SMILES string of the molecule is COc1ccc(OC)c(NC(=O)c2cc(C)oc2C)c1. The Balaban J connectivity index is 2.29. The summed E-state index contributed by atoms with van der Waals surface area (Å²) < 4.78 is 15.7. The van der Waals surface area contributed by atoms with Gasteiger partial charge in [0.05, 0.1) is 25.5 Å². The first-order valence-corrected chi connectivity index (χ1v) is 6.15. The number of ether oxygens (including phenoxy) is 2. The van der Waals surface area contributed by atoms with E-state index in [1.165, 1.54) is 0 Å². The maximum Gasteiger partial charge on any atom is 0.259 e. The van der Waals surface area contributed by atoms with Crippen molar-refractivity contribution < 1.29 is 18.7 Å². The summed E-state index contributed by atoms with van der Waals surface area (Å²) in [5.41, 5.74) is 1.06. The van der Waals surface area contributed by atoms with Gasteiger partial charge in [0, 0.05) is 6.07 Å². The van der Waals surface area contributed by atoms with Crippen LogP contribution in [0.2, 0.25) is 0 Å². The van der Waals surface area contributed by atoms with Crippen LogP contribution in [-0.4, -0.2) is 20.1 Å². The van der Waals surface area contributed by atoms with E-state index in [1.54, 1.807) is 52.3 Å². The fourth-order valence-corrected chi connectivity index (χ4v) is 1.96. The van der Waals surface area contributed by atoms with E-state index in [9.17, 15) is 4.79 Å². The first-order chi connectivity index (χ1) is 9.55. The number of carbonyl (C=O) groups excluding carboxylic acids is 1. The van der Waals surface area contributed by atoms with Crippen molar-refractivity contribution in [2.24, 2.45) is 0 Å². The molecule has 0 fully saturated rings. The molecule has 5 nitrogen and oxygen atoms in total. The average molecular weight is 275 g/mol. The molecule has 0 aliphatic heterocycles. The monoisotopic (exact) mass is 275 g/mol. The lowest BCUT2D eigenvalue weighted by Gasteiger charge is -2.11. The quantitative estimate of drug-likeness (QED) is 0.931. The minimum Gasteiger partial charge on any atom is -0.497 e. The minimum atomic E-state index is -0.245. The molecule has 1 aromatic carbocycles. The molecule has 1 amide bonds. The van der Waals surface area contributed by atoms with Crippen LogP contribution in [0.1, 0.15) is 21.9 Å². The highest BCUT2D eigenvalue weighted by Crippen LogP contribution is 2.29. The van der Waals surface area contributed by atoms with Gasteiger partial charge >= 0.3 is 0 Å². The summed E-state index contributed by atoms with van der Waals surface area (Å²) in [5.74, 6) is 2.25. The third-order valence-corrected chi connectivity index (χ3v) is 2.94. The van der Waals surface area contributed by atoms with Crippen LogP contribution in [0.4, 0.5) is 5.69 Å². The maximum atomic E-state index is 12.2. The third kappa shape index (κ3) is 2.77. The molecule has 0 aliphatic rings. The van der Waals surface area contributed by atoms with Crippen molar-refractivity contribution in [3.05, 3.63) is 41.3 Å². The number of furan rings is 1. The standard InChI is InChI=1S/C15H17NO4/c1-9-7-12(10(2)20-9)15(17)16-13-8-11(18-3)5-6-14(13)19-4/h5-8H,1-4H3,(H,16,17). The van der Waals surface area contributed by atoms with Crippen molar-refractivity contribution in [2.75, 3.05) is 19.5 Å². The molecule has 2 rings (SSSR count). The molecule has 20 heavy (non-hydrogen) atoms. The molecule has 0 spiro atoms. The molecule has 0 saturated carbocycles. The fraction of sp³-hybridized carbons (Fsp3) is 0.267. The van der Waals surface area contributed by atoms with Gasteiger partial charge in [-0.25, -0.2) is 0 Å². The van der Waals surface area contributed by atoms with Gasteiger partial charge in [-0.3, -0.25) is 4.79 Å². The second-order valence-electron chi connectivity index (χ2n) is 4.35. The van der Waals surface area contributed by atoms with E-state index in [1.807, 2.05) is 0 Å². The van der Waals surface area contributed by atoms with Gasteiger partial charge in [-0.2, -0.15) is 0 Å². The molecule has 0 bridgehead atoms. The van der Waals surface area contributed by atoms with Gasteiger partial charge in [-0.1, -0.05) is 0 Å². The smallest absolute Gasteiger partial charge is 0.259 e. The van der Waals surface area contributed by atoms with Crippen molar-refractivity contribution in [3.63, 3.8) is 0 Å². The molecule has 1 heterocycles. The summed E-state index contributed by atoms with van der Waals surface area (Å²) >= 11 is 0. The second-order valence-corrected chi connectivity index (χ2v) is 4.35. The van der Waals surface area contributed by atoms with Gasteiger partial charge in [0.1, 0.15) is 23.0 Å². The highest BCUT2D eigenvalue weighted by atomic mass is 16.5. The lowest BCUT2D eigenvalue weighted by molar-refractivity contribution is 0.102. The van der Waals surface area contributed by atoms with Gasteiger partial charge in [0.2, 0.25) is 0 Å². The fourth-order valence-electron chi connectivity index (χ4n) is 1.96. The number of amides is 1. The average Bonchev–Trinajstić information content (AvgIpc) is 2.77. The molecule has 1 aromatic heterocycles. The van der Waals surface area contributed by atoms with E-state index in [-0.39, 0.29) is 5.91 Å². The number of benzene rings is 1. The molecular weight excluding hydrogens is 258 g/mol. The zero-order valence-corrected chi connectivity index (χ0v) is 11.9. The molecule has 0 aliphatic carbocycles. The molecule has 1 N–H and O–H groups in total. The van der Waals surface area contributed by atoms with Crippen LogP contribution in [0, 0.1) is 13.8 Å². The van der Waals surface area contributed by atoms with E-state index in [0.29, 0.717) is 34.3 Å². The lowest BCUT2D eigenvalue weighted by atomic mass is 10.2. The number of nitrogens with one attached hydrogen (secondary N) is 1. The second kappa shape index (κ2) is 5.69. The molecule has 2 aromatic rings. The van der Waals surface area contributed by atoms with E-state index in [4.69, 9.17) is 13.9 Å². The van der Waals surface area contributed by atoms with Crippen LogP contribution < -0.4 is 14.8 Å². The molecule has 0 saturated heterocycles. The van der Waals surface area contributed by atoms with Crippen molar-refractivity contribution in [3.8, 4) is 11.5 Å². The van der Waals surface area contributed by atoms with E-state index in [0.717, 1.165) is 0 Å². The largest absolute Gasteiger partial charge is 0.497 e. The highest BCUT2D eigenvalue weighted by molar-refractivity contribution is 6.05. The number of methoxy groups -OCH3 is 2. The van der Waals surface area contributed by atoms with Crippen molar-refractivity contribution in [1.82, 2.24) is 0 Å². The van der Waals surface area contributed by atoms with Gasteiger partial charge in [-0.15, -0.1) is 0 Å². The third-order valence-electron chi connectivity index (χ3n) is 2.94. The molecule has 106 valence electrons. The van der Waals surface area contributed by atoms with Gasteiger partial charge in [-0.05, 0) is 32.0 Å². The topological polar surface area (TPSA) is 60.7 Å². The number of rotatable bonds is 4. The van der Waals surface area contributed by atoms with Crippen LogP contribution in [-0.2, 0) is 0 Å². The number of aryl methyl sites for hydroxylation is 2. The summed E-state index contributed by atoms with van der Waals surface area (Å²) in [6, 6.07) is 6.92. The van der Waals surface area contributed by atoms with E-state index < -0.39 is 0 Å². The first kappa shape index (κ1) is 14.0. The van der Waals surface area contributed by atoms with Crippen molar-refractivity contribution in [2.45, 2.75) is 13.8 Å². The van der Waals surface area contributed by atoms with Crippen LogP contribution in [0.5, 0.6) is 11.5 Å². The summed E-state index contributed by atoms with van der Waals surface area (Å²) in [5, 5.41) is 2.80.